The zero-order chi connectivity index (χ0) is 20.7. The number of alkyl halides is 3. The van der Waals surface area contributed by atoms with Crippen molar-refractivity contribution in [2.75, 3.05) is 11.9 Å². The Kier molecular flexibility index (Phi) is 6.60. The van der Waals surface area contributed by atoms with Crippen LogP contribution in [0, 0.1) is 11.3 Å². The van der Waals surface area contributed by atoms with E-state index in [-0.39, 0.29) is 17.0 Å². The molecule has 2 aromatic rings. The van der Waals surface area contributed by atoms with Gasteiger partial charge < -0.3 is 15.4 Å². The number of benzene rings is 2. The molecule has 146 valence electrons. The summed E-state index contributed by atoms with van der Waals surface area (Å²) in [6.07, 6.45) is -4.54. The van der Waals surface area contributed by atoms with Crippen LogP contribution in [-0.2, 0) is 4.79 Å². The topological polar surface area (TPSA) is 91.2 Å². The van der Waals surface area contributed by atoms with Gasteiger partial charge in [-0.05, 0) is 37.3 Å². The number of nitrogens with zero attached hydrogens (tertiary/aromatic N) is 1. The number of hydrogen-bond acceptors (Lipinski definition) is 4. The normalized spacial score (nSPS) is 11.8. The highest BCUT2D eigenvalue weighted by atomic mass is 19.4. The standard InChI is InChI=1S/C19H16F3N3O3/c1-12(24-18(27)13-5-3-2-4-6-13)17(26)25-15-7-8-16(14(9-15)10-23)28-11-19(20,21)22/h2-9,12H,11H2,1H3,(H,24,27)(H,25,26). The minimum atomic E-state index is -4.54. The predicted octanol–water partition coefficient (Wildman–Crippen LogP) is 3.26. The molecule has 0 saturated carbocycles. The van der Waals surface area contributed by atoms with Crippen LogP contribution in [0.1, 0.15) is 22.8 Å². The molecule has 0 heterocycles. The highest BCUT2D eigenvalue weighted by Gasteiger charge is 2.29. The molecular weight excluding hydrogens is 375 g/mol. The van der Waals surface area contributed by atoms with Crippen molar-refractivity contribution >= 4 is 17.5 Å². The minimum Gasteiger partial charge on any atom is -0.483 e. The number of hydrogen-bond donors (Lipinski definition) is 2. The van der Waals surface area contributed by atoms with Crippen LogP contribution in [0.5, 0.6) is 5.75 Å². The summed E-state index contributed by atoms with van der Waals surface area (Å²) in [7, 11) is 0. The molecule has 0 radical (unpaired) electrons. The van der Waals surface area contributed by atoms with Gasteiger partial charge in [-0.15, -0.1) is 0 Å². The summed E-state index contributed by atoms with van der Waals surface area (Å²) in [6, 6.07) is 12.8. The molecule has 0 spiro atoms. The van der Waals surface area contributed by atoms with E-state index in [0.29, 0.717) is 5.56 Å². The van der Waals surface area contributed by atoms with Gasteiger partial charge >= 0.3 is 6.18 Å². The molecule has 0 aliphatic heterocycles. The summed E-state index contributed by atoms with van der Waals surface area (Å²) in [5.41, 5.74) is 0.407. The van der Waals surface area contributed by atoms with Crippen LogP contribution < -0.4 is 15.4 Å². The number of carbonyl (C=O) groups excluding carboxylic acids is 2. The number of amides is 2. The molecule has 0 fully saturated rings. The second-order valence-corrected chi connectivity index (χ2v) is 5.78. The summed E-state index contributed by atoms with van der Waals surface area (Å²) >= 11 is 0. The van der Waals surface area contributed by atoms with Crippen molar-refractivity contribution in [3.63, 3.8) is 0 Å². The van der Waals surface area contributed by atoms with Crippen LogP contribution in [0.15, 0.2) is 48.5 Å². The van der Waals surface area contributed by atoms with Crippen molar-refractivity contribution in [2.24, 2.45) is 0 Å². The first-order chi connectivity index (χ1) is 13.2. The van der Waals surface area contributed by atoms with Gasteiger partial charge in [-0.3, -0.25) is 9.59 Å². The molecule has 2 amide bonds. The molecule has 1 atom stereocenters. The molecule has 0 saturated heterocycles. The number of anilines is 1. The summed E-state index contributed by atoms with van der Waals surface area (Å²) < 4.78 is 41.3. The number of ether oxygens (including phenoxy) is 1. The maximum Gasteiger partial charge on any atom is 0.422 e. The van der Waals surface area contributed by atoms with Crippen LogP contribution in [-0.4, -0.2) is 30.6 Å². The Bertz CT molecular complexity index is 893. The molecule has 1 unspecified atom stereocenters. The zero-order valence-electron chi connectivity index (χ0n) is 14.7. The highest BCUT2D eigenvalue weighted by molar-refractivity contribution is 6.01. The van der Waals surface area contributed by atoms with Crippen LogP contribution in [0.3, 0.4) is 0 Å². The molecule has 28 heavy (non-hydrogen) atoms. The van der Waals surface area contributed by atoms with E-state index in [1.165, 1.54) is 19.1 Å². The van der Waals surface area contributed by atoms with E-state index in [2.05, 4.69) is 15.4 Å². The molecule has 0 aliphatic carbocycles. The highest BCUT2D eigenvalue weighted by Crippen LogP contribution is 2.25. The van der Waals surface area contributed by atoms with Crippen molar-refractivity contribution in [3.8, 4) is 11.8 Å². The number of halogens is 3. The first kappa shape index (κ1) is 20.8. The average Bonchev–Trinajstić information content (AvgIpc) is 2.66. The number of nitrogens with one attached hydrogen (secondary N) is 2. The van der Waals surface area contributed by atoms with Crippen molar-refractivity contribution in [1.29, 1.82) is 5.26 Å². The van der Waals surface area contributed by atoms with Crippen molar-refractivity contribution < 1.29 is 27.5 Å². The lowest BCUT2D eigenvalue weighted by Gasteiger charge is -2.15. The number of rotatable bonds is 6. The fraction of sp³-hybridized carbons (Fsp3) is 0.211. The summed E-state index contributed by atoms with van der Waals surface area (Å²) in [6.45, 7) is -0.0574. The zero-order valence-corrected chi connectivity index (χ0v) is 14.7. The Labute approximate surface area is 158 Å². The van der Waals surface area contributed by atoms with Crippen LogP contribution in [0.4, 0.5) is 18.9 Å². The molecule has 2 rings (SSSR count). The van der Waals surface area contributed by atoms with Gasteiger partial charge in [-0.2, -0.15) is 18.4 Å². The summed E-state index contributed by atoms with van der Waals surface area (Å²) in [4.78, 5) is 24.3. The monoisotopic (exact) mass is 391 g/mol. The third-order valence-electron chi connectivity index (χ3n) is 3.54. The third kappa shape index (κ3) is 6.02. The van der Waals surface area contributed by atoms with Gasteiger partial charge in [0.15, 0.2) is 6.61 Å². The predicted molar refractivity (Wildman–Crippen MR) is 94.7 cm³/mol. The fourth-order valence-electron chi connectivity index (χ4n) is 2.17. The first-order valence-corrected chi connectivity index (χ1v) is 8.10. The lowest BCUT2D eigenvalue weighted by atomic mass is 10.1. The minimum absolute atomic E-state index is 0.164. The SMILES string of the molecule is CC(NC(=O)c1ccccc1)C(=O)Nc1ccc(OCC(F)(F)F)c(C#N)c1. The molecule has 0 aliphatic rings. The summed E-state index contributed by atoms with van der Waals surface area (Å²) in [5.74, 6) is -1.24. The van der Waals surface area contributed by atoms with Crippen molar-refractivity contribution in [3.05, 3.63) is 59.7 Å². The molecule has 0 aromatic heterocycles. The maximum atomic E-state index is 12.2. The smallest absolute Gasteiger partial charge is 0.422 e. The van der Waals surface area contributed by atoms with E-state index >= 15 is 0 Å². The maximum absolute atomic E-state index is 12.2. The van der Waals surface area contributed by atoms with Gasteiger partial charge in [-0.25, -0.2) is 0 Å². The Morgan fingerprint density at radius 2 is 1.86 bits per heavy atom. The Balaban J connectivity index is 2.01. The van der Waals surface area contributed by atoms with Gasteiger partial charge in [0.05, 0.1) is 5.56 Å². The van der Waals surface area contributed by atoms with E-state index in [1.807, 2.05) is 0 Å². The van der Waals surface area contributed by atoms with E-state index in [0.717, 1.165) is 6.07 Å². The number of carbonyl (C=O) groups is 2. The Morgan fingerprint density at radius 3 is 2.46 bits per heavy atom. The van der Waals surface area contributed by atoms with Crippen LogP contribution >= 0.6 is 0 Å². The third-order valence-corrected chi connectivity index (χ3v) is 3.54. The average molecular weight is 391 g/mol. The lowest BCUT2D eigenvalue weighted by molar-refractivity contribution is -0.153. The van der Waals surface area contributed by atoms with E-state index in [4.69, 9.17) is 5.26 Å². The van der Waals surface area contributed by atoms with Crippen molar-refractivity contribution in [2.45, 2.75) is 19.1 Å². The van der Waals surface area contributed by atoms with E-state index in [9.17, 15) is 22.8 Å². The molecular formula is C19H16F3N3O3. The van der Waals surface area contributed by atoms with Crippen LogP contribution in [0.2, 0.25) is 0 Å². The largest absolute Gasteiger partial charge is 0.483 e. The van der Waals surface area contributed by atoms with Gasteiger partial charge in [0, 0.05) is 11.3 Å². The van der Waals surface area contributed by atoms with E-state index in [1.54, 1.807) is 36.4 Å². The van der Waals surface area contributed by atoms with Gasteiger partial charge in [0.1, 0.15) is 17.9 Å². The van der Waals surface area contributed by atoms with Gasteiger partial charge in [-0.1, -0.05) is 18.2 Å². The fourth-order valence-corrected chi connectivity index (χ4v) is 2.17. The second kappa shape index (κ2) is 8.90. The first-order valence-electron chi connectivity index (χ1n) is 8.10. The van der Waals surface area contributed by atoms with Crippen LogP contribution in [0.25, 0.3) is 0 Å². The summed E-state index contributed by atoms with van der Waals surface area (Å²) in [5, 5.41) is 14.1. The second-order valence-electron chi connectivity index (χ2n) is 5.78. The molecule has 0 bridgehead atoms. The van der Waals surface area contributed by atoms with Crippen molar-refractivity contribution in [1.82, 2.24) is 5.32 Å². The molecule has 6 nitrogen and oxygen atoms in total. The quantitative estimate of drug-likeness (QED) is 0.791. The Hall–Kier alpha value is -3.54. The molecule has 9 heteroatoms. The van der Waals surface area contributed by atoms with E-state index < -0.39 is 30.6 Å². The van der Waals surface area contributed by atoms with Gasteiger partial charge in [0.2, 0.25) is 5.91 Å². The lowest BCUT2D eigenvalue weighted by Crippen LogP contribution is -2.41. The van der Waals surface area contributed by atoms with Gasteiger partial charge in [0.25, 0.3) is 5.91 Å². The molecule has 2 N–H and O–H groups in total. The Morgan fingerprint density at radius 1 is 1.18 bits per heavy atom. The molecule has 2 aromatic carbocycles. The number of nitriles is 1.